The van der Waals surface area contributed by atoms with Gasteiger partial charge in [0.05, 0.1) is 0 Å². The first kappa shape index (κ1) is 18.8. The number of benzene rings is 2. The Morgan fingerprint density at radius 3 is 2.63 bits per heavy atom. The lowest BCUT2D eigenvalue weighted by Gasteiger charge is -2.09. The third-order valence-electron chi connectivity index (χ3n) is 3.58. The van der Waals surface area contributed by atoms with Gasteiger partial charge in [-0.25, -0.2) is 9.18 Å². The number of thioether (sulfide) groups is 1. The van der Waals surface area contributed by atoms with Gasteiger partial charge in [0, 0.05) is 10.6 Å². The molecule has 0 saturated carbocycles. The molecule has 27 heavy (non-hydrogen) atoms. The van der Waals surface area contributed by atoms with E-state index in [1.807, 2.05) is 30.3 Å². The second-order valence-electron chi connectivity index (χ2n) is 5.49. The highest BCUT2D eigenvalue weighted by Crippen LogP contribution is 2.21. The van der Waals surface area contributed by atoms with E-state index >= 15 is 0 Å². The SMILES string of the molecule is Cc1nnnn1/C(=C\c1ccccc1)C(=O)OCCSc1ccccc1F. The Kier molecular flexibility index (Phi) is 6.32. The van der Waals surface area contributed by atoms with E-state index in [2.05, 4.69) is 15.5 Å². The van der Waals surface area contributed by atoms with E-state index in [0.717, 1.165) is 5.56 Å². The van der Waals surface area contributed by atoms with Gasteiger partial charge in [-0.3, -0.25) is 0 Å². The number of tetrazole rings is 1. The molecule has 0 spiro atoms. The van der Waals surface area contributed by atoms with Crippen LogP contribution in [-0.2, 0) is 9.53 Å². The number of halogens is 1. The van der Waals surface area contributed by atoms with Gasteiger partial charge in [-0.15, -0.1) is 16.9 Å². The fourth-order valence-electron chi connectivity index (χ4n) is 2.29. The lowest BCUT2D eigenvalue weighted by atomic mass is 10.2. The molecule has 1 aromatic heterocycles. The number of carbonyl (C=O) groups is 1. The minimum atomic E-state index is -0.552. The van der Waals surface area contributed by atoms with Crippen molar-refractivity contribution in [1.29, 1.82) is 0 Å². The number of rotatable bonds is 7. The number of nitrogens with zero attached hydrogens (tertiary/aromatic N) is 4. The van der Waals surface area contributed by atoms with Crippen LogP contribution in [-0.4, -0.2) is 38.5 Å². The van der Waals surface area contributed by atoms with Crippen molar-refractivity contribution in [2.24, 2.45) is 0 Å². The standard InChI is InChI=1S/C19H17FN4O2S/c1-14-21-22-23-24(14)17(13-15-7-3-2-4-8-15)19(25)26-11-12-27-18-10-6-5-9-16(18)20/h2-10,13H,11-12H2,1H3/b17-13-. The first-order valence-corrected chi connectivity index (χ1v) is 9.20. The molecular weight excluding hydrogens is 367 g/mol. The topological polar surface area (TPSA) is 69.9 Å². The summed E-state index contributed by atoms with van der Waals surface area (Å²) in [6, 6.07) is 15.8. The normalized spacial score (nSPS) is 11.4. The molecule has 0 aliphatic carbocycles. The fourth-order valence-corrected chi connectivity index (χ4v) is 3.06. The van der Waals surface area contributed by atoms with Gasteiger partial charge in [0.15, 0.2) is 11.5 Å². The fraction of sp³-hybridized carbons (Fsp3) is 0.158. The zero-order valence-electron chi connectivity index (χ0n) is 14.6. The number of hydrogen-bond acceptors (Lipinski definition) is 6. The van der Waals surface area contributed by atoms with Crippen LogP contribution in [0.5, 0.6) is 0 Å². The minimum Gasteiger partial charge on any atom is -0.460 e. The van der Waals surface area contributed by atoms with Crippen LogP contribution in [0.25, 0.3) is 11.8 Å². The van der Waals surface area contributed by atoms with Crippen LogP contribution in [0.15, 0.2) is 59.5 Å². The molecule has 0 aliphatic rings. The van der Waals surface area contributed by atoms with Gasteiger partial charge in [-0.2, -0.15) is 4.68 Å². The third kappa shape index (κ3) is 5.01. The van der Waals surface area contributed by atoms with Gasteiger partial charge >= 0.3 is 5.97 Å². The van der Waals surface area contributed by atoms with E-state index in [4.69, 9.17) is 4.74 Å². The zero-order chi connectivity index (χ0) is 19.1. The van der Waals surface area contributed by atoms with Gasteiger partial charge in [0.25, 0.3) is 0 Å². The first-order valence-electron chi connectivity index (χ1n) is 8.21. The van der Waals surface area contributed by atoms with Gasteiger partial charge in [0.2, 0.25) is 0 Å². The molecule has 3 rings (SSSR count). The average Bonchev–Trinajstić information content (AvgIpc) is 3.11. The third-order valence-corrected chi connectivity index (χ3v) is 4.59. The number of aromatic nitrogens is 4. The van der Waals surface area contributed by atoms with Gasteiger partial charge in [-0.05, 0) is 41.1 Å². The molecule has 1 heterocycles. The van der Waals surface area contributed by atoms with Gasteiger partial charge in [0.1, 0.15) is 12.4 Å². The summed E-state index contributed by atoms with van der Waals surface area (Å²) in [6.45, 7) is 1.82. The number of ether oxygens (including phenoxy) is 1. The summed E-state index contributed by atoms with van der Waals surface area (Å²) in [4.78, 5) is 13.1. The summed E-state index contributed by atoms with van der Waals surface area (Å²) in [5.41, 5.74) is 1.03. The van der Waals surface area contributed by atoms with Crippen LogP contribution in [0.1, 0.15) is 11.4 Å². The van der Waals surface area contributed by atoms with Crippen LogP contribution in [0.4, 0.5) is 4.39 Å². The summed E-state index contributed by atoms with van der Waals surface area (Å²) in [6.07, 6.45) is 1.66. The summed E-state index contributed by atoms with van der Waals surface area (Å²) in [5, 5.41) is 11.2. The highest BCUT2D eigenvalue weighted by Gasteiger charge is 2.17. The number of hydrogen-bond donors (Lipinski definition) is 0. The van der Waals surface area contributed by atoms with Crippen molar-refractivity contribution in [3.8, 4) is 0 Å². The van der Waals surface area contributed by atoms with Crippen molar-refractivity contribution in [3.63, 3.8) is 0 Å². The van der Waals surface area contributed by atoms with Gasteiger partial charge < -0.3 is 4.74 Å². The number of aryl methyl sites for hydroxylation is 1. The summed E-state index contributed by atoms with van der Waals surface area (Å²) >= 11 is 1.29. The average molecular weight is 384 g/mol. The Hall–Kier alpha value is -3.00. The predicted octanol–water partition coefficient (Wildman–Crippen LogP) is 3.45. The Bertz CT molecular complexity index is 944. The van der Waals surface area contributed by atoms with Crippen molar-refractivity contribution in [2.75, 3.05) is 12.4 Å². The number of carbonyl (C=O) groups excluding carboxylic acids is 1. The number of esters is 1. The van der Waals surface area contributed by atoms with E-state index in [-0.39, 0.29) is 18.1 Å². The van der Waals surface area contributed by atoms with Crippen molar-refractivity contribution in [3.05, 3.63) is 71.8 Å². The smallest absolute Gasteiger partial charge is 0.357 e. The second-order valence-corrected chi connectivity index (χ2v) is 6.63. The first-order chi connectivity index (χ1) is 13.1. The molecule has 0 radical (unpaired) electrons. The largest absolute Gasteiger partial charge is 0.460 e. The van der Waals surface area contributed by atoms with Crippen LogP contribution < -0.4 is 0 Å². The molecule has 6 nitrogen and oxygen atoms in total. The molecule has 0 fully saturated rings. The summed E-state index contributed by atoms with van der Waals surface area (Å²) < 4.78 is 20.3. The highest BCUT2D eigenvalue weighted by molar-refractivity contribution is 7.99. The maximum atomic E-state index is 13.6. The molecule has 3 aromatic rings. The summed E-state index contributed by atoms with van der Waals surface area (Å²) in [7, 11) is 0. The molecule has 8 heteroatoms. The monoisotopic (exact) mass is 384 g/mol. The van der Waals surface area contributed by atoms with Crippen LogP contribution in [0, 0.1) is 12.7 Å². The molecule has 0 amide bonds. The molecule has 0 atom stereocenters. The van der Waals surface area contributed by atoms with Crippen molar-refractivity contribution in [2.45, 2.75) is 11.8 Å². The zero-order valence-corrected chi connectivity index (χ0v) is 15.4. The molecule has 2 aromatic carbocycles. The quantitative estimate of drug-likeness (QED) is 0.269. The van der Waals surface area contributed by atoms with Crippen LogP contribution >= 0.6 is 11.8 Å². The van der Waals surface area contributed by atoms with E-state index in [1.165, 1.54) is 22.5 Å². The molecule has 0 saturated heterocycles. The van der Waals surface area contributed by atoms with Crippen LogP contribution in [0.2, 0.25) is 0 Å². The minimum absolute atomic E-state index is 0.130. The Morgan fingerprint density at radius 2 is 1.93 bits per heavy atom. The van der Waals surface area contributed by atoms with Gasteiger partial charge in [-0.1, -0.05) is 42.5 Å². The molecule has 0 unspecified atom stereocenters. The molecule has 0 bridgehead atoms. The lowest BCUT2D eigenvalue weighted by Crippen LogP contribution is -2.16. The van der Waals surface area contributed by atoms with E-state index < -0.39 is 5.97 Å². The predicted molar refractivity (Wildman–Crippen MR) is 101 cm³/mol. The lowest BCUT2D eigenvalue weighted by molar-refractivity contribution is -0.136. The van der Waals surface area contributed by atoms with Crippen molar-refractivity contribution in [1.82, 2.24) is 20.2 Å². The molecular formula is C19H17FN4O2S. The molecule has 138 valence electrons. The maximum absolute atomic E-state index is 13.6. The van der Waals surface area contributed by atoms with E-state index in [0.29, 0.717) is 16.5 Å². The second kappa shape index (κ2) is 9.09. The highest BCUT2D eigenvalue weighted by atomic mass is 32.2. The van der Waals surface area contributed by atoms with Crippen molar-refractivity contribution < 1.29 is 13.9 Å². The van der Waals surface area contributed by atoms with E-state index in [9.17, 15) is 9.18 Å². The Balaban J connectivity index is 1.68. The molecule has 0 aliphatic heterocycles. The Morgan fingerprint density at radius 1 is 1.19 bits per heavy atom. The Labute approximate surface area is 160 Å². The molecule has 0 N–H and O–H groups in total. The van der Waals surface area contributed by atoms with Crippen LogP contribution in [0.3, 0.4) is 0 Å². The maximum Gasteiger partial charge on any atom is 0.357 e. The van der Waals surface area contributed by atoms with E-state index in [1.54, 1.807) is 31.2 Å². The van der Waals surface area contributed by atoms with Crippen molar-refractivity contribution >= 4 is 29.5 Å². The summed E-state index contributed by atoms with van der Waals surface area (Å²) in [5.74, 6) is 0.0564.